The molecule has 1 heterocycles. The van der Waals surface area contributed by atoms with Gasteiger partial charge in [0, 0.05) is 25.3 Å². The SMILES string of the molecule is CCN(CC)C(=O)CCCSc1nc2ccccc2c(=O)n1-c1cccc(C(F)(F)F)c1. The molecule has 0 aliphatic heterocycles. The van der Waals surface area contributed by atoms with E-state index in [9.17, 15) is 22.8 Å². The van der Waals surface area contributed by atoms with E-state index in [1.807, 2.05) is 13.8 Å². The fourth-order valence-electron chi connectivity index (χ4n) is 3.38. The Balaban J connectivity index is 1.94. The highest BCUT2D eigenvalue weighted by atomic mass is 32.2. The van der Waals surface area contributed by atoms with Crippen molar-refractivity contribution in [2.24, 2.45) is 0 Å². The van der Waals surface area contributed by atoms with Crippen LogP contribution in [-0.2, 0) is 11.0 Å². The first-order chi connectivity index (χ1) is 15.3. The first-order valence-corrected chi connectivity index (χ1v) is 11.3. The van der Waals surface area contributed by atoms with Crippen LogP contribution in [-0.4, -0.2) is 39.2 Å². The quantitative estimate of drug-likeness (QED) is 0.264. The summed E-state index contributed by atoms with van der Waals surface area (Å²) in [5, 5.41) is 0.620. The van der Waals surface area contributed by atoms with Crippen molar-refractivity contribution in [1.29, 1.82) is 0 Å². The van der Waals surface area contributed by atoms with Crippen molar-refractivity contribution in [1.82, 2.24) is 14.5 Å². The number of fused-ring (bicyclic) bond motifs is 1. The first-order valence-electron chi connectivity index (χ1n) is 10.4. The highest BCUT2D eigenvalue weighted by molar-refractivity contribution is 7.99. The number of alkyl halides is 3. The van der Waals surface area contributed by atoms with Crippen molar-refractivity contribution < 1.29 is 18.0 Å². The van der Waals surface area contributed by atoms with Crippen LogP contribution in [0.15, 0.2) is 58.5 Å². The van der Waals surface area contributed by atoms with E-state index in [-0.39, 0.29) is 11.6 Å². The average Bonchev–Trinajstić information content (AvgIpc) is 2.77. The molecule has 0 radical (unpaired) electrons. The second kappa shape index (κ2) is 10.2. The van der Waals surface area contributed by atoms with Gasteiger partial charge >= 0.3 is 6.18 Å². The van der Waals surface area contributed by atoms with Crippen LogP contribution in [0.1, 0.15) is 32.3 Å². The predicted molar refractivity (Wildman–Crippen MR) is 120 cm³/mol. The van der Waals surface area contributed by atoms with Gasteiger partial charge in [0.05, 0.1) is 22.2 Å². The number of rotatable bonds is 8. The Kier molecular flexibility index (Phi) is 7.60. The largest absolute Gasteiger partial charge is 0.416 e. The van der Waals surface area contributed by atoms with Crippen molar-refractivity contribution in [2.75, 3.05) is 18.8 Å². The van der Waals surface area contributed by atoms with Crippen molar-refractivity contribution in [2.45, 2.75) is 38.0 Å². The number of hydrogen-bond acceptors (Lipinski definition) is 4. The number of halogens is 3. The molecule has 0 saturated heterocycles. The number of carbonyl (C=O) groups is 1. The maximum atomic E-state index is 13.2. The molecule has 0 saturated carbocycles. The van der Waals surface area contributed by atoms with Gasteiger partial charge in [-0.2, -0.15) is 13.2 Å². The third kappa shape index (κ3) is 5.32. The molecule has 0 unspecified atom stereocenters. The molecule has 1 aromatic heterocycles. The fourth-order valence-corrected chi connectivity index (χ4v) is 4.33. The Hall–Kier alpha value is -2.81. The Labute approximate surface area is 188 Å². The number of carbonyl (C=O) groups excluding carboxylic acids is 1. The highest BCUT2D eigenvalue weighted by Crippen LogP contribution is 2.31. The van der Waals surface area contributed by atoms with E-state index in [1.54, 1.807) is 29.2 Å². The number of thioether (sulfide) groups is 1. The number of hydrogen-bond donors (Lipinski definition) is 0. The van der Waals surface area contributed by atoms with Gasteiger partial charge in [0.25, 0.3) is 5.56 Å². The summed E-state index contributed by atoms with van der Waals surface area (Å²) in [6, 6.07) is 11.4. The minimum Gasteiger partial charge on any atom is -0.343 e. The smallest absolute Gasteiger partial charge is 0.343 e. The molecule has 0 N–H and O–H groups in total. The molecular formula is C23H24F3N3O2S. The van der Waals surface area contributed by atoms with E-state index >= 15 is 0 Å². The van der Waals surface area contributed by atoms with Crippen molar-refractivity contribution >= 4 is 28.6 Å². The molecule has 3 aromatic rings. The highest BCUT2D eigenvalue weighted by Gasteiger charge is 2.31. The zero-order valence-electron chi connectivity index (χ0n) is 17.9. The third-order valence-electron chi connectivity index (χ3n) is 5.06. The molecule has 5 nitrogen and oxygen atoms in total. The van der Waals surface area contributed by atoms with E-state index in [0.29, 0.717) is 47.7 Å². The molecule has 2 aromatic carbocycles. The van der Waals surface area contributed by atoms with Gasteiger partial charge in [-0.1, -0.05) is 30.0 Å². The van der Waals surface area contributed by atoms with Gasteiger partial charge in [-0.05, 0) is 50.6 Å². The molecule has 0 aliphatic rings. The number of para-hydroxylation sites is 1. The van der Waals surface area contributed by atoms with E-state index in [0.717, 1.165) is 12.1 Å². The number of amides is 1. The van der Waals surface area contributed by atoms with Gasteiger partial charge in [-0.3, -0.25) is 14.2 Å². The van der Waals surface area contributed by atoms with Crippen molar-refractivity contribution in [3.63, 3.8) is 0 Å². The lowest BCUT2D eigenvalue weighted by atomic mass is 10.2. The molecule has 0 aliphatic carbocycles. The summed E-state index contributed by atoms with van der Waals surface area (Å²) < 4.78 is 40.9. The lowest BCUT2D eigenvalue weighted by Gasteiger charge is -2.18. The van der Waals surface area contributed by atoms with Crippen molar-refractivity contribution in [3.8, 4) is 5.69 Å². The summed E-state index contributed by atoms with van der Waals surface area (Å²) in [5.41, 5.74) is -0.695. The van der Waals surface area contributed by atoms with Crippen LogP contribution in [0, 0.1) is 0 Å². The second-order valence-corrected chi connectivity index (χ2v) is 8.18. The van der Waals surface area contributed by atoms with Gasteiger partial charge in [0.15, 0.2) is 5.16 Å². The van der Waals surface area contributed by atoms with Gasteiger partial charge < -0.3 is 4.90 Å². The average molecular weight is 464 g/mol. The fraction of sp³-hybridized carbons (Fsp3) is 0.348. The van der Waals surface area contributed by atoms with E-state index in [2.05, 4.69) is 4.98 Å². The van der Waals surface area contributed by atoms with Gasteiger partial charge in [0.1, 0.15) is 0 Å². The van der Waals surface area contributed by atoms with Crippen LogP contribution in [0.4, 0.5) is 13.2 Å². The minimum absolute atomic E-state index is 0.0531. The molecule has 0 atom stereocenters. The molecule has 0 fully saturated rings. The van der Waals surface area contributed by atoms with Crippen LogP contribution >= 0.6 is 11.8 Å². The summed E-state index contributed by atoms with van der Waals surface area (Å²) in [7, 11) is 0. The van der Waals surface area contributed by atoms with Crippen molar-refractivity contribution in [3.05, 3.63) is 64.4 Å². The maximum absolute atomic E-state index is 13.2. The van der Waals surface area contributed by atoms with Gasteiger partial charge in [0.2, 0.25) is 5.91 Å². The molecular weight excluding hydrogens is 439 g/mol. The molecule has 3 rings (SSSR count). The number of nitrogens with zero attached hydrogens (tertiary/aromatic N) is 3. The summed E-state index contributed by atoms with van der Waals surface area (Å²) in [6.07, 6.45) is -3.61. The first kappa shape index (κ1) is 23.8. The summed E-state index contributed by atoms with van der Waals surface area (Å²) in [6.45, 7) is 5.12. The molecule has 32 heavy (non-hydrogen) atoms. The predicted octanol–water partition coefficient (Wildman–Crippen LogP) is 5.15. The second-order valence-electron chi connectivity index (χ2n) is 7.12. The Morgan fingerprint density at radius 1 is 1.09 bits per heavy atom. The normalized spacial score (nSPS) is 11.7. The lowest BCUT2D eigenvalue weighted by molar-refractivity contribution is -0.137. The summed E-state index contributed by atoms with van der Waals surface area (Å²) >= 11 is 1.25. The minimum atomic E-state index is -4.53. The zero-order valence-corrected chi connectivity index (χ0v) is 18.7. The van der Waals surface area contributed by atoms with Crippen LogP contribution < -0.4 is 5.56 Å². The van der Waals surface area contributed by atoms with E-state index in [4.69, 9.17) is 0 Å². The summed E-state index contributed by atoms with van der Waals surface area (Å²) in [4.78, 5) is 31.7. The van der Waals surface area contributed by atoms with Gasteiger partial charge in [-0.25, -0.2) is 4.98 Å². The number of aromatic nitrogens is 2. The van der Waals surface area contributed by atoms with E-state index in [1.165, 1.54) is 28.5 Å². The third-order valence-corrected chi connectivity index (χ3v) is 6.08. The van der Waals surface area contributed by atoms with Crippen LogP contribution in [0.2, 0.25) is 0 Å². The molecule has 0 spiro atoms. The Morgan fingerprint density at radius 2 is 1.81 bits per heavy atom. The molecule has 170 valence electrons. The van der Waals surface area contributed by atoms with Crippen LogP contribution in [0.3, 0.4) is 0 Å². The lowest BCUT2D eigenvalue weighted by Crippen LogP contribution is -2.30. The molecule has 0 bridgehead atoms. The number of benzene rings is 2. The molecule has 1 amide bonds. The standard InChI is InChI=1S/C23H24F3N3O2S/c1-3-28(4-2)20(30)13-8-14-32-22-27-19-12-6-5-11-18(19)21(31)29(22)17-10-7-9-16(15-17)23(24,25)26/h5-7,9-12,15H,3-4,8,13-14H2,1-2H3. The maximum Gasteiger partial charge on any atom is 0.416 e. The van der Waals surface area contributed by atoms with E-state index < -0.39 is 17.3 Å². The summed E-state index contributed by atoms with van der Waals surface area (Å²) in [5.74, 6) is 0.550. The monoisotopic (exact) mass is 463 g/mol. The Morgan fingerprint density at radius 3 is 2.50 bits per heavy atom. The topological polar surface area (TPSA) is 55.2 Å². The molecule has 9 heteroatoms. The van der Waals surface area contributed by atoms with Crippen LogP contribution in [0.5, 0.6) is 0 Å². The van der Waals surface area contributed by atoms with Crippen LogP contribution in [0.25, 0.3) is 16.6 Å². The zero-order chi connectivity index (χ0) is 23.3. The van der Waals surface area contributed by atoms with Gasteiger partial charge in [-0.15, -0.1) is 0 Å². The Bertz CT molecular complexity index is 1160.